The van der Waals surface area contributed by atoms with Crippen LogP contribution in [0.2, 0.25) is 0 Å². The fourth-order valence-corrected chi connectivity index (χ4v) is 3.16. The molecule has 0 atom stereocenters. The van der Waals surface area contributed by atoms with Crippen LogP contribution in [0, 0.1) is 5.92 Å². The Morgan fingerprint density at radius 2 is 2.00 bits per heavy atom. The first-order valence-corrected chi connectivity index (χ1v) is 8.11. The van der Waals surface area contributed by atoms with Crippen LogP contribution in [-0.2, 0) is 4.79 Å². The van der Waals surface area contributed by atoms with Crippen molar-refractivity contribution in [1.29, 1.82) is 0 Å². The Morgan fingerprint density at radius 1 is 1.26 bits per heavy atom. The fraction of sp³-hybridized carbons (Fsp3) is 0.235. The number of fused-ring (bicyclic) bond motifs is 1. The molecule has 5 nitrogen and oxygen atoms in total. The number of nitrogens with one attached hydrogen (secondary N) is 1. The molecule has 1 N–H and O–H groups in total. The minimum Gasteiger partial charge on any atom is -0.479 e. The minimum absolute atomic E-state index is 0.0581. The quantitative estimate of drug-likeness (QED) is 0.788. The maximum Gasteiger partial charge on any atom is 0.241 e. The summed E-state index contributed by atoms with van der Waals surface area (Å²) < 4.78 is 6.25. The first kappa shape index (κ1) is 15.4. The van der Waals surface area contributed by atoms with E-state index in [-0.39, 0.29) is 11.8 Å². The summed E-state index contributed by atoms with van der Waals surface area (Å²) in [6.07, 6.45) is 1.78. The molecule has 118 valence electrons. The predicted molar refractivity (Wildman–Crippen MR) is 92.9 cm³/mol. The number of aromatic nitrogens is 2. The summed E-state index contributed by atoms with van der Waals surface area (Å²) in [5.41, 5.74) is 2.69. The van der Waals surface area contributed by atoms with Gasteiger partial charge in [0.05, 0.1) is 11.8 Å². The summed E-state index contributed by atoms with van der Waals surface area (Å²) in [4.78, 5) is 20.7. The summed E-state index contributed by atoms with van der Waals surface area (Å²) in [5.74, 6) is 0.300. The Bertz CT molecular complexity index is 844. The lowest BCUT2D eigenvalue weighted by Crippen LogP contribution is -2.17. The number of carbonyl (C=O) groups is 1. The molecule has 2 aromatic heterocycles. The van der Waals surface area contributed by atoms with Crippen LogP contribution >= 0.6 is 11.3 Å². The number of amides is 1. The first-order chi connectivity index (χ1) is 11.1. The normalized spacial score (nSPS) is 11.0. The summed E-state index contributed by atoms with van der Waals surface area (Å²) in [5, 5.41) is 3.40. The third-order valence-electron chi connectivity index (χ3n) is 3.42. The van der Waals surface area contributed by atoms with Gasteiger partial charge in [-0.2, -0.15) is 0 Å². The molecule has 0 aliphatic heterocycles. The predicted octanol–water partition coefficient (Wildman–Crippen LogP) is 3.96. The number of ether oxygens (including phenoxy) is 1. The van der Waals surface area contributed by atoms with E-state index in [2.05, 4.69) is 15.3 Å². The molecular formula is C17H17N3O2S. The zero-order chi connectivity index (χ0) is 16.4. The molecule has 1 aromatic carbocycles. The lowest BCUT2D eigenvalue weighted by atomic mass is 10.1. The molecule has 0 aliphatic carbocycles. The van der Waals surface area contributed by atoms with Gasteiger partial charge in [-0.05, 0) is 5.56 Å². The summed E-state index contributed by atoms with van der Waals surface area (Å²) in [6, 6.07) is 9.98. The molecule has 0 bridgehead atoms. The van der Waals surface area contributed by atoms with E-state index >= 15 is 0 Å². The van der Waals surface area contributed by atoms with E-state index in [1.54, 1.807) is 13.3 Å². The van der Waals surface area contributed by atoms with Crippen molar-refractivity contribution in [2.45, 2.75) is 13.8 Å². The maximum atomic E-state index is 11.9. The molecule has 0 spiro atoms. The summed E-state index contributed by atoms with van der Waals surface area (Å²) >= 11 is 1.43. The zero-order valence-electron chi connectivity index (χ0n) is 13.2. The first-order valence-electron chi connectivity index (χ1n) is 7.30. The molecule has 1 amide bonds. The lowest BCUT2D eigenvalue weighted by molar-refractivity contribution is -0.118. The number of benzene rings is 1. The zero-order valence-corrected chi connectivity index (χ0v) is 14.0. The fourth-order valence-electron chi connectivity index (χ4n) is 2.17. The second-order valence-corrected chi connectivity index (χ2v) is 6.39. The number of hydrogen-bond donors (Lipinski definition) is 1. The number of hydrogen-bond acceptors (Lipinski definition) is 5. The van der Waals surface area contributed by atoms with Gasteiger partial charge in [-0.25, -0.2) is 9.97 Å². The van der Waals surface area contributed by atoms with Gasteiger partial charge >= 0.3 is 0 Å². The molecule has 0 unspecified atom stereocenters. The van der Waals surface area contributed by atoms with Gasteiger partial charge < -0.3 is 10.1 Å². The smallest absolute Gasteiger partial charge is 0.241 e. The van der Waals surface area contributed by atoms with Crippen molar-refractivity contribution in [2.24, 2.45) is 5.92 Å². The van der Waals surface area contributed by atoms with E-state index < -0.39 is 0 Å². The molecule has 3 rings (SSSR count). The van der Waals surface area contributed by atoms with Gasteiger partial charge in [-0.3, -0.25) is 4.79 Å². The maximum absolute atomic E-state index is 11.9. The minimum atomic E-state index is -0.101. The van der Waals surface area contributed by atoms with Gasteiger partial charge in [-0.1, -0.05) is 55.5 Å². The standard InChI is InChI=1S/C17H17N3O2S/c1-10(2)15(21)20-17-19-13-14(23-17)12(9-18-16(13)22-3)11-7-5-4-6-8-11/h4-10H,1-3H3,(H,19,20,21). The molecule has 0 radical (unpaired) electrons. The molecule has 0 aliphatic rings. The molecule has 0 saturated heterocycles. The molecule has 0 saturated carbocycles. The molecular weight excluding hydrogens is 310 g/mol. The van der Waals surface area contributed by atoms with E-state index in [1.807, 2.05) is 44.2 Å². The SMILES string of the molecule is COc1ncc(-c2ccccc2)c2sc(NC(=O)C(C)C)nc12. The highest BCUT2D eigenvalue weighted by molar-refractivity contribution is 7.23. The average molecular weight is 327 g/mol. The van der Waals surface area contributed by atoms with Crippen molar-refractivity contribution in [3.8, 4) is 17.0 Å². The Kier molecular flexibility index (Phi) is 4.25. The van der Waals surface area contributed by atoms with Gasteiger partial charge in [0.15, 0.2) is 5.13 Å². The van der Waals surface area contributed by atoms with Gasteiger partial charge in [0, 0.05) is 17.7 Å². The third kappa shape index (κ3) is 3.03. The van der Waals surface area contributed by atoms with E-state index in [1.165, 1.54) is 11.3 Å². The number of carbonyl (C=O) groups excluding carboxylic acids is 1. The largest absolute Gasteiger partial charge is 0.479 e. The van der Waals surface area contributed by atoms with Crippen LogP contribution in [0.25, 0.3) is 21.3 Å². The van der Waals surface area contributed by atoms with Crippen LogP contribution in [0.1, 0.15) is 13.8 Å². The topological polar surface area (TPSA) is 64.1 Å². The molecule has 23 heavy (non-hydrogen) atoms. The van der Waals surface area contributed by atoms with Crippen LogP contribution in [0.15, 0.2) is 36.5 Å². The molecule has 2 heterocycles. The lowest BCUT2D eigenvalue weighted by Gasteiger charge is -2.04. The van der Waals surface area contributed by atoms with Crippen molar-refractivity contribution in [3.05, 3.63) is 36.5 Å². The van der Waals surface area contributed by atoms with Gasteiger partial charge in [-0.15, -0.1) is 0 Å². The Balaban J connectivity index is 2.13. The summed E-state index contributed by atoms with van der Waals surface area (Å²) in [6.45, 7) is 3.69. The Morgan fingerprint density at radius 3 is 2.65 bits per heavy atom. The molecule has 3 aromatic rings. The monoisotopic (exact) mass is 327 g/mol. The van der Waals surface area contributed by atoms with Gasteiger partial charge in [0.2, 0.25) is 11.8 Å². The van der Waals surface area contributed by atoms with Crippen LogP contribution in [0.3, 0.4) is 0 Å². The van der Waals surface area contributed by atoms with Crippen LogP contribution in [0.4, 0.5) is 5.13 Å². The van der Waals surface area contributed by atoms with Crippen molar-refractivity contribution < 1.29 is 9.53 Å². The number of nitrogens with zero attached hydrogens (tertiary/aromatic N) is 2. The van der Waals surface area contributed by atoms with E-state index in [0.29, 0.717) is 16.5 Å². The van der Waals surface area contributed by atoms with E-state index in [4.69, 9.17) is 4.74 Å². The third-order valence-corrected chi connectivity index (χ3v) is 4.42. The van der Waals surface area contributed by atoms with E-state index in [9.17, 15) is 4.79 Å². The van der Waals surface area contributed by atoms with Crippen LogP contribution in [-0.4, -0.2) is 23.0 Å². The van der Waals surface area contributed by atoms with Crippen LogP contribution < -0.4 is 10.1 Å². The van der Waals surface area contributed by atoms with Crippen LogP contribution in [0.5, 0.6) is 5.88 Å². The van der Waals surface area contributed by atoms with Crippen molar-refractivity contribution in [3.63, 3.8) is 0 Å². The molecule has 0 fully saturated rings. The molecule has 6 heteroatoms. The highest BCUT2D eigenvalue weighted by Crippen LogP contribution is 2.38. The van der Waals surface area contributed by atoms with Gasteiger partial charge in [0.1, 0.15) is 5.52 Å². The summed E-state index contributed by atoms with van der Waals surface area (Å²) in [7, 11) is 1.57. The Labute approximate surface area is 138 Å². The Hall–Kier alpha value is -2.47. The van der Waals surface area contributed by atoms with Crippen molar-refractivity contribution in [1.82, 2.24) is 9.97 Å². The highest BCUT2D eigenvalue weighted by atomic mass is 32.1. The number of pyridine rings is 1. The van der Waals surface area contributed by atoms with Gasteiger partial charge in [0.25, 0.3) is 0 Å². The van der Waals surface area contributed by atoms with Crippen molar-refractivity contribution in [2.75, 3.05) is 12.4 Å². The number of thiazole rings is 1. The second kappa shape index (κ2) is 6.34. The average Bonchev–Trinajstić information content (AvgIpc) is 2.98. The highest BCUT2D eigenvalue weighted by Gasteiger charge is 2.17. The number of methoxy groups -OCH3 is 1. The van der Waals surface area contributed by atoms with E-state index in [0.717, 1.165) is 15.8 Å². The number of rotatable bonds is 4. The number of anilines is 1. The second-order valence-electron chi connectivity index (χ2n) is 5.39. The van der Waals surface area contributed by atoms with Crippen molar-refractivity contribution >= 4 is 32.6 Å².